The Morgan fingerprint density at radius 1 is 1.22 bits per heavy atom. The minimum Gasteiger partial charge on any atom is -0.382 e. The summed E-state index contributed by atoms with van der Waals surface area (Å²) < 4.78 is 1.12. The molecule has 0 fully saturated rings. The molecule has 7 heteroatoms. The van der Waals surface area contributed by atoms with Gasteiger partial charge in [-0.25, -0.2) is 9.97 Å². The molecule has 3 rings (SSSR count). The highest BCUT2D eigenvalue weighted by molar-refractivity contribution is 7.16. The van der Waals surface area contributed by atoms with Crippen LogP contribution in [0.3, 0.4) is 0 Å². The molecule has 1 amide bonds. The lowest BCUT2D eigenvalue weighted by Crippen LogP contribution is -2.26. The lowest BCUT2D eigenvalue weighted by Gasteiger charge is -2.16. The molecule has 3 N–H and O–H groups in total. The second-order valence-corrected chi connectivity index (χ2v) is 7.57. The van der Waals surface area contributed by atoms with Gasteiger partial charge in [0.15, 0.2) is 0 Å². The molecule has 142 valence electrons. The van der Waals surface area contributed by atoms with Gasteiger partial charge in [-0.1, -0.05) is 13.3 Å². The van der Waals surface area contributed by atoms with Crippen molar-refractivity contribution in [3.8, 4) is 0 Å². The van der Waals surface area contributed by atoms with Gasteiger partial charge in [-0.3, -0.25) is 4.79 Å². The second-order valence-electron chi connectivity index (χ2n) is 6.68. The normalized spacial score (nSPS) is 11.0. The third kappa shape index (κ3) is 4.95. The number of amides is 1. The van der Waals surface area contributed by atoms with Crippen LogP contribution in [0.25, 0.3) is 10.2 Å². The van der Waals surface area contributed by atoms with E-state index in [9.17, 15) is 4.79 Å². The van der Waals surface area contributed by atoms with E-state index in [1.165, 1.54) is 0 Å². The summed E-state index contributed by atoms with van der Waals surface area (Å²) in [6.07, 6.45) is 3.63. The molecule has 0 aliphatic heterocycles. The second kappa shape index (κ2) is 8.81. The minimum atomic E-state index is -0.100. The summed E-state index contributed by atoms with van der Waals surface area (Å²) in [7, 11) is 0. The SMILES string of the molecule is CCCCNC(=O)c1cnc(Nc2ccc3ncsc3c2)cc1NC(C)C. The van der Waals surface area contributed by atoms with Crippen molar-refractivity contribution in [1.82, 2.24) is 15.3 Å². The van der Waals surface area contributed by atoms with E-state index in [-0.39, 0.29) is 11.9 Å². The molecule has 0 radical (unpaired) electrons. The molecular weight excluding hydrogens is 358 g/mol. The molecular formula is C20H25N5OS. The number of nitrogens with one attached hydrogen (secondary N) is 3. The van der Waals surface area contributed by atoms with Gasteiger partial charge >= 0.3 is 0 Å². The smallest absolute Gasteiger partial charge is 0.254 e. The Morgan fingerprint density at radius 3 is 2.85 bits per heavy atom. The van der Waals surface area contributed by atoms with E-state index in [2.05, 4.69) is 38.9 Å². The standard InChI is InChI=1S/C20H25N5OS/c1-4-5-8-21-20(26)15-11-22-19(10-17(15)24-13(2)3)25-14-6-7-16-18(9-14)27-12-23-16/h6-7,9-13H,4-5,8H2,1-3H3,(H,21,26)(H2,22,24,25). The highest BCUT2D eigenvalue weighted by Gasteiger charge is 2.14. The predicted octanol–water partition coefficient (Wildman–Crippen LogP) is 4.79. The molecule has 0 atom stereocenters. The van der Waals surface area contributed by atoms with Crippen LogP contribution in [0, 0.1) is 0 Å². The zero-order chi connectivity index (χ0) is 19.2. The molecule has 0 unspecified atom stereocenters. The summed E-state index contributed by atoms with van der Waals surface area (Å²) >= 11 is 1.60. The number of unbranched alkanes of at least 4 members (excludes halogenated alkanes) is 1. The van der Waals surface area contributed by atoms with E-state index in [1.54, 1.807) is 17.5 Å². The molecule has 0 aliphatic carbocycles. The Hall–Kier alpha value is -2.67. The van der Waals surface area contributed by atoms with E-state index in [1.807, 2.05) is 37.6 Å². The maximum Gasteiger partial charge on any atom is 0.254 e. The molecule has 1 aromatic carbocycles. The monoisotopic (exact) mass is 383 g/mol. The summed E-state index contributed by atoms with van der Waals surface area (Å²) in [6, 6.07) is 8.10. The fourth-order valence-corrected chi connectivity index (χ4v) is 3.41. The Balaban J connectivity index is 1.82. The lowest BCUT2D eigenvalue weighted by molar-refractivity contribution is 0.0953. The summed E-state index contributed by atoms with van der Waals surface area (Å²) in [4.78, 5) is 21.2. The first kappa shape index (κ1) is 19.1. The minimum absolute atomic E-state index is 0.100. The largest absolute Gasteiger partial charge is 0.382 e. The van der Waals surface area contributed by atoms with Crippen LogP contribution >= 0.6 is 11.3 Å². The van der Waals surface area contributed by atoms with Crippen LogP contribution in [0.2, 0.25) is 0 Å². The van der Waals surface area contributed by atoms with Gasteiger partial charge in [0.05, 0.1) is 27.0 Å². The molecule has 0 saturated carbocycles. The van der Waals surface area contributed by atoms with Crippen molar-refractivity contribution in [2.75, 3.05) is 17.2 Å². The number of anilines is 3. The first-order chi connectivity index (χ1) is 13.1. The van der Waals surface area contributed by atoms with Gasteiger partial charge in [0, 0.05) is 30.5 Å². The van der Waals surface area contributed by atoms with Gasteiger partial charge in [0.25, 0.3) is 5.91 Å². The van der Waals surface area contributed by atoms with Gasteiger partial charge in [-0.2, -0.15) is 0 Å². The molecule has 0 spiro atoms. The Bertz CT molecular complexity index is 922. The van der Waals surface area contributed by atoms with Gasteiger partial charge < -0.3 is 16.0 Å². The Labute approximate surface area is 163 Å². The number of carbonyl (C=O) groups excluding carboxylic acids is 1. The maximum atomic E-state index is 12.5. The van der Waals surface area contributed by atoms with Crippen LogP contribution in [0.5, 0.6) is 0 Å². The number of carbonyl (C=O) groups is 1. The number of pyridine rings is 1. The molecule has 0 aliphatic rings. The number of nitrogens with zero attached hydrogens (tertiary/aromatic N) is 2. The van der Waals surface area contributed by atoms with Crippen molar-refractivity contribution < 1.29 is 4.79 Å². The van der Waals surface area contributed by atoms with Gasteiger partial charge in [0.1, 0.15) is 5.82 Å². The zero-order valence-electron chi connectivity index (χ0n) is 15.9. The van der Waals surface area contributed by atoms with Crippen molar-refractivity contribution >= 4 is 44.7 Å². The van der Waals surface area contributed by atoms with Crippen LogP contribution in [0.1, 0.15) is 44.0 Å². The molecule has 3 aromatic rings. The van der Waals surface area contributed by atoms with Crippen LogP contribution < -0.4 is 16.0 Å². The average Bonchev–Trinajstić information content (AvgIpc) is 3.09. The number of hydrogen-bond acceptors (Lipinski definition) is 6. The number of aromatic nitrogens is 2. The van der Waals surface area contributed by atoms with Gasteiger partial charge in [-0.15, -0.1) is 11.3 Å². The average molecular weight is 384 g/mol. The van der Waals surface area contributed by atoms with E-state index in [4.69, 9.17) is 0 Å². The zero-order valence-corrected chi connectivity index (χ0v) is 16.7. The number of benzene rings is 1. The Kier molecular flexibility index (Phi) is 6.24. The van der Waals surface area contributed by atoms with Crippen molar-refractivity contribution in [2.45, 2.75) is 39.7 Å². The van der Waals surface area contributed by atoms with Crippen LogP contribution in [-0.2, 0) is 0 Å². The van der Waals surface area contributed by atoms with Gasteiger partial charge in [0.2, 0.25) is 0 Å². The van der Waals surface area contributed by atoms with Crippen LogP contribution in [-0.4, -0.2) is 28.5 Å². The molecule has 0 saturated heterocycles. The van der Waals surface area contributed by atoms with E-state index < -0.39 is 0 Å². The summed E-state index contributed by atoms with van der Waals surface area (Å²) in [5.74, 6) is 0.587. The highest BCUT2D eigenvalue weighted by Crippen LogP contribution is 2.26. The fourth-order valence-electron chi connectivity index (χ4n) is 2.69. The summed E-state index contributed by atoms with van der Waals surface area (Å²) in [5, 5.41) is 9.62. The Morgan fingerprint density at radius 2 is 2.07 bits per heavy atom. The van der Waals surface area contributed by atoms with E-state index in [0.717, 1.165) is 34.4 Å². The number of thiazole rings is 1. The summed E-state index contributed by atoms with van der Waals surface area (Å²) in [6.45, 7) is 6.86. The number of rotatable bonds is 8. The van der Waals surface area contributed by atoms with Crippen molar-refractivity contribution in [2.24, 2.45) is 0 Å². The van der Waals surface area contributed by atoms with Crippen molar-refractivity contribution in [3.05, 3.63) is 41.5 Å². The lowest BCUT2D eigenvalue weighted by atomic mass is 10.2. The molecule has 6 nitrogen and oxygen atoms in total. The number of fused-ring (bicyclic) bond motifs is 1. The maximum absolute atomic E-state index is 12.5. The van der Waals surface area contributed by atoms with Crippen LogP contribution in [0.15, 0.2) is 36.0 Å². The molecule has 2 aromatic heterocycles. The fraction of sp³-hybridized carbons (Fsp3) is 0.350. The topological polar surface area (TPSA) is 78.9 Å². The predicted molar refractivity (Wildman–Crippen MR) is 113 cm³/mol. The van der Waals surface area contributed by atoms with Gasteiger partial charge in [-0.05, 0) is 38.5 Å². The van der Waals surface area contributed by atoms with E-state index >= 15 is 0 Å². The molecule has 27 heavy (non-hydrogen) atoms. The van der Waals surface area contributed by atoms with Crippen molar-refractivity contribution in [3.63, 3.8) is 0 Å². The first-order valence-corrected chi connectivity index (χ1v) is 10.1. The third-order valence-electron chi connectivity index (χ3n) is 4.01. The van der Waals surface area contributed by atoms with Crippen molar-refractivity contribution in [1.29, 1.82) is 0 Å². The van der Waals surface area contributed by atoms with E-state index in [0.29, 0.717) is 17.9 Å². The highest BCUT2D eigenvalue weighted by atomic mass is 32.1. The van der Waals surface area contributed by atoms with Crippen LogP contribution in [0.4, 0.5) is 17.2 Å². The number of hydrogen-bond donors (Lipinski definition) is 3. The summed E-state index contributed by atoms with van der Waals surface area (Å²) in [5.41, 5.74) is 5.09. The molecule has 0 bridgehead atoms. The quantitative estimate of drug-likeness (QED) is 0.488. The molecule has 2 heterocycles. The third-order valence-corrected chi connectivity index (χ3v) is 4.80. The first-order valence-electron chi connectivity index (χ1n) is 9.22.